The Labute approximate surface area is 72.0 Å². The summed E-state index contributed by atoms with van der Waals surface area (Å²) in [6, 6.07) is 0. The highest BCUT2D eigenvalue weighted by molar-refractivity contribution is 5.75. The molecule has 0 aliphatic rings. The molecule has 0 heterocycles. The van der Waals surface area contributed by atoms with Crippen LogP contribution in [0.3, 0.4) is 0 Å². The number of carboxylic acid groups (broad SMARTS) is 1. The van der Waals surface area contributed by atoms with E-state index in [0.717, 1.165) is 0 Å². The van der Waals surface area contributed by atoms with E-state index in [1.54, 1.807) is 13.8 Å². The predicted octanol–water partition coefficient (Wildman–Crippen LogP) is 0.623. The third-order valence-corrected chi connectivity index (χ3v) is 1.64. The second kappa shape index (κ2) is 5.57. The summed E-state index contributed by atoms with van der Waals surface area (Å²) < 4.78 is 0. The molecular weight excluding hydrogens is 158 g/mol. The Morgan fingerprint density at radius 2 is 2.08 bits per heavy atom. The largest absolute Gasteiger partial charge is 0.481 e. The summed E-state index contributed by atoms with van der Waals surface area (Å²) >= 11 is 0. The van der Waals surface area contributed by atoms with Gasteiger partial charge in [0.05, 0.1) is 5.92 Å². The Balaban J connectivity index is 3.43. The molecule has 0 aromatic rings. The molecule has 0 aromatic heterocycles. The monoisotopic (exact) mass is 173 g/mol. The van der Waals surface area contributed by atoms with Gasteiger partial charge in [-0.3, -0.25) is 9.59 Å². The normalized spacial score (nSPS) is 12.2. The summed E-state index contributed by atoms with van der Waals surface area (Å²) in [5, 5.41) is 11.1. The number of carbonyl (C=O) groups is 2. The van der Waals surface area contributed by atoms with Gasteiger partial charge in [0.1, 0.15) is 0 Å². The van der Waals surface area contributed by atoms with Crippen LogP contribution in [-0.4, -0.2) is 23.5 Å². The summed E-state index contributed by atoms with van der Waals surface area (Å²) in [6.45, 7) is 3.83. The Hall–Kier alpha value is -1.06. The molecule has 12 heavy (non-hydrogen) atoms. The van der Waals surface area contributed by atoms with E-state index in [9.17, 15) is 9.59 Å². The standard InChI is InChI=1S/C8H15NO3/c1-3-7(10)9-5-4-6(2)8(11)12/h6H,3-5H2,1-2H3,(H,9,10)(H,11,12). The molecule has 0 bridgehead atoms. The van der Waals surface area contributed by atoms with Crippen LogP contribution in [0.5, 0.6) is 0 Å². The predicted molar refractivity (Wildman–Crippen MR) is 44.7 cm³/mol. The second-order valence-electron chi connectivity index (χ2n) is 2.73. The molecule has 0 saturated heterocycles. The summed E-state index contributed by atoms with van der Waals surface area (Å²) in [6.07, 6.45) is 0.933. The maximum Gasteiger partial charge on any atom is 0.306 e. The van der Waals surface area contributed by atoms with E-state index in [4.69, 9.17) is 5.11 Å². The van der Waals surface area contributed by atoms with Crippen LogP contribution in [0, 0.1) is 5.92 Å². The molecule has 0 saturated carbocycles. The van der Waals surface area contributed by atoms with Gasteiger partial charge in [0.15, 0.2) is 0 Å². The Morgan fingerprint density at radius 3 is 2.50 bits per heavy atom. The fraction of sp³-hybridized carbons (Fsp3) is 0.750. The molecule has 1 amide bonds. The molecule has 2 N–H and O–H groups in total. The molecule has 4 nitrogen and oxygen atoms in total. The lowest BCUT2D eigenvalue weighted by atomic mass is 10.1. The van der Waals surface area contributed by atoms with Gasteiger partial charge in [-0.05, 0) is 6.42 Å². The van der Waals surface area contributed by atoms with Crippen molar-refractivity contribution < 1.29 is 14.7 Å². The highest BCUT2D eigenvalue weighted by atomic mass is 16.4. The van der Waals surface area contributed by atoms with E-state index in [2.05, 4.69) is 5.32 Å². The minimum absolute atomic E-state index is 0.0346. The van der Waals surface area contributed by atoms with Crippen LogP contribution in [0.1, 0.15) is 26.7 Å². The van der Waals surface area contributed by atoms with Crippen molar-refractivity contribution in [1.29, 1.82) is 0 Å². The van der Waals surface area contributed by atoms with Crippen LogP contribution in [0.15, 0.2) is 0 Å². The number of nitrogens with one attached hydrogen (secondary N) is 1. The average Bonchev–Trinajstić information content (AvgIpc) is 2.03. The highest BCUT2D eigenvalue weighted by Gasteiger charge is 2.09. The van der Waals surface area contributed by atoms with E-state index in [-0.39, 0.29) is 11.8 Å². The average molecular weight is 173 g/mol. The zero-order chi connectivity index (χ0) is 9.56. The van der Waals surface area contributed by atoms with Gasteiger partial charge in [0, 0.05) is 13.0 Å². The minimum Gasteiger partial charge on any atom is -0.481 e. The lowest BCUT2D eigenvalue weighted by molar-refractivity contribution is -0.141. The Morgan fingerprint density at radius 1 is 1.50 bits per heavy atom. The van der Waals surface area contributed by atoms with Crippen molar-refractivity contribution in [1.82, 2.24) is 5.32 Å². The van der Waals surface area contributed by atoms with Crippen LogP contribution >= 0.6 is 0 Å². The van der Waals surface area contributed by atoms with Crippen molar-refractivity contribution >= 4 is 11.9 Å². The fourth-order valence-electron chi connectivity index (χ4n) is 0.677. The van der Waals surface area contributed by atoms with Gasteiger partial charge in [0.2, 0.25) is 5.91 Å². The first-order chi connectivity index (χ1) is 5.57. The number of carboxylic acids is 1. The topological polar surface area (TPSA) is 66.4 Å². The highest BCUT2D eigenvalue weighted by Crippen LogP contribution is 1.99. The number of carbonyl (C=O) groups excluding carboxylic acids is 1. The van der Waals surface area contributed by atoms with Gasteiger partial charge < -0.3 is 10.4 Å². The van der Waals surface area contributed by atoms with Gasteiger partial charge in [0.25, 0.3) is 0 Å². The lowest BCUT2D eigenvalue weighted by Gasteiger charge is -2.06. The first kappa shape index (κ1) is 10.9. The molecule has 0 fully saturated rings. The van der Waals surface area contributed by atoms with E-state index < -0.39 is 5.97 Å². The van der Waals surface area contributed by atoms with Crippen molar-refractivity contribution in [3.63, 3.8) is 0 Å². The first-order valence-corrected chi connectivity index (χ1v) is 4.07. The van der Waals surface area contributed by atoms with Crippen LogP contribution in [0.2, 0.25) is 0 Å². The van der Waals surface area contributed by atoms with Gasteiger partial charge in [-0.2, -0.15) is 0 Å². The summed E-state index contributed by atoms with van der Waals surface area (Å²) in [4.78, 5) is 21.0. The number of amides is 1. The van der Waals surface area contributed by atoms with E-state index in [1.165, 1.54) is 0 Å². The van der Waals surface area contributed by atoms with Gasteiger partial charge in [-0.25, -0.2) is 0 Å². The molecule has 70 valence electrons. The van der Waals surface area contributed by atoms with Crippen molar-refractivity contribution in [3.05, 3.63) is 0 Å². The van der Waals surface area contributed by atoms with E-state index in [1.807, 2.05) is 0 Å². The molecule has 0 aliphatic heterocycles. The summed E-state index contributed by atoms with van der Waals surface area (Å²) in [7, 11) is 0. The van der Waals surface area contributed by atoms with Crippen molar-refractivity contribution in [2.24, 2.45) is 5.92 Å². The van der Waals surface area contributed by atoms with Gasteiger partial charge in [-0.1, -0.05) is 13.8 Å². The SMILES string of the molecule is CCC(=O)NCCC(C)C(=O)O. The summed E-state index contributed by atoms with van der Waals surface area (Å²) in [5.41, 5.74) is 0. The second-order valence-corrected chi connectivity index (χ2v) is 2.73. The van der Waals surface area contributed by atoms with Crippen LogP contribution in [0.4, 0.5) is 0 Å². The number of hydrogen-bond acceptors (Lipinski definition) is 2. The molecule has 1 unspecified atom stereocenters. The Bertz CT molecular complexity index is 168. The van der Waals surface area contributed by atoms with Crippen molar-refractivity contribution in [3.8, 4) is 0 Å². The number of aliphatic carboxylic acids is 1. The lowest BCUT2D eigenvalue weighted by Crippen LogP contribution is -2.26. The molecule has 0 radical (unpaired) electrons. The van der Waals surface area contributed by atoms with E-state index >= 15 is 0 Å². The van der Waals surface area contributed by atoms with Crippen molar-refractivity contribution in [2.75, 3.05) is 6.54 Å². The van der Waals surface area contributed by atoms with Crippen LogP contribution in [0.25, 0.3) is 0 Å². The van der Waals surface area contributed by atoms with Crippen LogP contribution in [-0.2, 0) is 9.59 Å². The zero-order valence-corrected chi connectivity index (χ0v) is 7.46. The third kappa shape index (κ3) is 4.71. The molecule has 0 rings (SSSR count). The molecule has 0 aliphatic carbocycles. The fourth-order valence-corrected chi connectivity index (χ4v) is 0.677. The minimum atomic E-state index is -0.819. The smallest absolute Gasteiger partial charge is 0.306 e. The molecular formula is C8H15NO3. The third-order valence-electron chi connectivity index (χ3n) is 1.64. The molecule has 0 spiro atoms. The quantitative estimate of drug-likeness (QED) is 0.640. The summed E-state index contributed by atoms with van der Waals surface area (Å²) in [5.74, 6) is -1.24. The van der Waals surface area contributed by atoms with Gasteiger partial charge >= 0.3 is 5.97 Å². The van der Waals surface area contributed by atoms with E-state index in [0.29, 0.717) is 19.4 Å². The maximum atomic E-state index is 10.7. The maximum absolute atomic E-state index is 10.7. The number of hydrogen-bond donors (Lipinski definition) is 2. The number of rotatable bonds is 5. The zero-order valence-electron chi connectivity index (χ0n) is 7.46. The first-order valence-electron chi connectivity index (χ1n) is 4.07. The molecule has 1 atom stereocenters. The molecule has 4 heteroatoms. The Kier molecular flexibility index (Phi) is 5.08. The van der Waals surface area contributed by atoms with Crippen LogP contribution < -0.4 is 5.32 Å². The van der Waals surface area contributed by atoms with Gasteiger partial charge in [-0.15, -0.1) is 0 Å². The van der Waals surface area contributed by atoms with Crippen molar-refractivity contribution in [2.45, 2.75) is 26.7 Å². The molecule has 0 aromatic carbocycles.